The van der Waals surface area contributed by atoms with Gasteiger partial charge in [0.25, 0.3) is 0 Å². The van der Waals surface area contributed by atoms with Gasteiger partial charge in [-0.25, -0.2) is 0 Å². The zero-order chi connectivity index (χ0) is 38.5. The maximum absolute atomic E-state index is 4.34. The third kappa shape index (κ3) is 4.96. The van der Waals surface area contributed by atoms with Crippen LogP contribution < -0.4 is 0 Å². The number of benzene rings is 2. The summed E-state index contributed by atoms with van der Waals surface area (Å²) in [7, 11) is 4.34. The Labute approximate surface area is 354 Å². The molecule has 0 spiro atoms. The van der Waals surface area contributed by atoms with Crippen molar-refractivity contribution in [2.45, 2.75) is 105 Å². The van der Waals surface area contributed by atoms with Crippen LogP contribution in [0, 0.1) is 27.7 Å². The summed E-state index contributed by atoms with van der Waals surface area (Å²) in [6.45, 7) is 28.6. The standard InChI is InChI=1S/C22H20Br2S2.C22H22S2.BHNS/c1-9-15-18(22(5,6)11-7-13(23)25-19(11)15)10(2)16-17(9)21(3,4)12-8-14(24)26-20(12)16;1-11-15-18(22(5,6)13-7-9-23-19(13)15)12(2)16-17(11)21(3,4)14-8-10-24-20(14)16;1-2-3/h7-8H,1-6H3;7-10H,1-6H3;3H. The van der Waals surface area contributed by atoms with E-state index in [4.69, 9.17) is 0 Å². The molecular formula is C44H43BBr2NS5. The molecule has 1 radical (unpaired) electrons. The van der Waals surface area contributed by atoms with Crippen molar-refractivity contribution >= 4 is 97.7 Å². The summed E-state index contributed by atoms with van der Waals surface area (Å²) in [5, 5.41) is 4.53. The van der Waals surface area contributed by atoms with Crippen molar-refractivity contribution in [3.8, 4) is 41.8 Å². The Morgan fingerprint density at radius 1 is 0.509 bits per heavy atom. The summed E-state index contributed by atoms with van der Waals surface area (Å²) in [5.41, 5.74) is 24.6. The number of halogens is 2. The molecule has 0 N–H and O–H groups in total. The Morgan fingerprint density at radius 3 is 1.08 bits per heavy atom. The molecule has 1 nitrogen and oxygen atoms in total. The van der Waals surface area contributed by atoms with E-state index >= 15 is 0 Å². The second-order valence-electron chi connectivity index (χ2n) is 17.0. The minimum absolute atomic E-state index is 0.0540. The van der Waals surface area contributed by atoms with Crippen molar-refractivity contribution in [3.63, 3.8) is 0 Å². The molecule has 0 aliphatic heterocycles. The van der Waals surface area contributed by atoms with Gasteiger partial charge in [0, 0.05) is 41.2 Å². The van der Waals surface area contributed by atoms with Crippen molar-refractivity contribution in [1.82, 2.24) is 0 Å². The molecule has 0 saturated heterocycles. The summed E-state index contributed by atoms with van der Waals surface area (Å²) in [4.78, 5) is 5.94. The van der Waals surface area contributed by atoms with Crippen molar-refractivity contribution < 1.29 is 0 Å². The van der Waals surface area contributed by atoms with Gasteiger partial charge in [0.2, 0.25) is 0 Å². The quantitative estimate of drug-likeness (QED) is 0.115. The van der Waals surface area contributed by atoms with Crippen molar-refractivity contribution in [2.24, 2.45) is 4.30 Å². The third-order valence-electron chi connectivity index (χ3n) is 12.8. The van der Waals surface area contributed by atoms with Gasteiger partial charge in [0.05, 0.1) is 7.57 Å². The van der Waals surface area contributed by atoms with Crippen LogP contribution in [0.2, 0.25) is 0 Å². The summed E-state index contributed by atoms with van der Waals surface area (Å²) in [6, 6.07) is 9.35. The fourth-order valence-corrected chi connectivity index (χ4v) is 16.9. The van der Waals surface area contributed by atoms with E-state index in [1.807, 2.05) is 45.3 Å². The van der Waals surface area contributed by atoms with Gasteiger partial charge in [-0.1, -0.05) is 55.4 Å². The summed E-state index contributed by atoms with van der Waals surface area (Å²) < 4.78 is 5.17. The zero-order valence-corrected chi connectivity index (χ0v) is 39.7. The molecule has 2 aromatic carbocycles. The Bertz CT molecular complexity index is 2400. The van der Waals surface area contributed by atoms with Gasteiger partial charge in [0.15, 0.2) is 0 Å². The van der Waals surface area contributed by atoms with E-state index in [2.05, 4.69) is 175 Å². The molecule has 0 atom stereocenters. The topological polar surface area (TPSA) is 12.4 Å². The van der Waals surface area contributed by atoms with Crippen LogP contribution in [-0.4, -0.2) is 7.64 Å². The number of rotatable bonds is 0. The molecule has 0 saturated carbocycles. The molecule has 0 bridgehead atoms. The molecule has 10 rings (SSSR count). The van der Waals surface area contributed by atoms with E-state index in [1.165, 1.54) is 105 Å². The molecule has 4 aliphatic rings. The van der Waals surface area contributed by atoms with Crippen molar-refractivity contribution in [1.29, 1.82) is 0 Å². The van der Waals surface area contributed by atoms with Gasteiger partial charge in [-0.3, -0.25) is 0 Å². The van der Waals surface area contributed by atoms with Gasteiger partial charge in [-0.05, 0) is 184 Å². The van der Waals surface area contributed by atoms with Gasteiger partial charge < -0.3 is 0 Å². The fraction of sp³-hybridized carbons (Fsp3) is 0.364. The van der Waals surface area contributed by atoms with Crippen molar-refractivity contribution in [2.75, 3.05) is 0 Å². The van der Waals surface area contributed by atoms with Gasteiger partial charge >= 0.3 is 24.8 Å². The third-order valence-corrected chi connectivity index (χ3v) is 18.0. The predicted octanol–water partition coefficient (Wildman–Crippen LogP) is 15.8. The van der Waals surface area contributed by atoms with Crippen LogP contribution in [0.5, 0.6) is 0 Å². The van der Waals surface area contributed by atoms with Crippen LogP contribution in [0.25, 0.3) is 41.8 Å². The summed E-state index contributed by atoms with van der Waals surface area (Å²) in [5.74, 6) is 0. The van der Waals surface area contributed by atoms with Gasteiger partial charge in [0.1, 0.15) is 0 Å². The summed E-state index contributed by atoms with van der Waals surface area (Å²) in [6.07, 6.45) is 0. The minimum atomic E-state index is 0.0540. The molecule has 271 valence electrons. The van der Waals surface area contributed by atoms with E-state index in [-0.39, 0.29) is 21.7 Å². The number of thiol groups is 1. The second kappa shape index (κ2) is 12.5. The Hall–Kier alpha value is -1.59. The Balaban J connectivity index is 0.000000141. The number of thiophene rings is 4. The molecule has 4 heterocycles. The normalized spacial score (nSPS) is 17.2. The number of fused-ring (bicyclic) bond motifs is 12. The first-order valence-corrected chi connectivity index (χ1v) is 23.3. The molecular weight excluding hydrogens is 873 g/mol. The van der Waals surface area contributed by atoms with Crippen LogP contribution >= 0.6 is 90.0 Å². The molecule has 0 unspecified atom stereocenters. The number of nitrogens with zero attached hydrogens (tertiary/aromatic N) is 1. The number of hydrogen-bond donors (Lipinski definition) is 1. The molecule has 0 fully saturated rings. The van der Waals surface area contributed by atoms with Crippen LogP contribution in [0.4, 0.5) is 0 Å². The monoisotopic (exact) mass is 914 g/mol. The second-order valence-corrected chi connectivity index (χ2v) is 24.0. The SMILES string of the molecule is Cc1c2c(c(C)c3c1C(C)(C)c1cc(Br)sc1-3)C(C)(C)c1cc(Br)sc1-2.Cc1c2c(c(C)c3c1C(C)(C)c1ccsc1-3)C(C)(C)c1ccsc1-2.[B]=NS. The van der Waals surface area contributed by atoms with Crippen LogP contribution in [0.3, 0.4) is 0 Å². The van der Waals surface area contributed by atoms with Crippen LogP contribution in [0.1, 0.15) is 122 Å². The molecule has 0 amide bonds. The molecule has 53 heavy (non-hydrogen) atoms. The fourth-order valence-electron chi connectivity index (χ4n) is 10.8. The molecule has 9 heteroatoms. The summed E-state index contributed by atoms with van der Waals surface area (Å²) >= 11 is 18.3. The first-order chi connectivity index (χ1) is 24.8. The number of hydrogen-bond acceptors (Lipinski definition) is 6. The molecule has 6 aromatic rings. The zero-order valence-electron chi connectivity index (χ0n) is 32.3. The van der Waals surface area contributed by atoms with E-state index in [0.717, 1.165) is 0 Å². The van der Waals surface area contributed by atoms with E-state index in [9.17, 15) is 0 Å². The Morgan fingerprint density at radius 2 is 0.774 bits per heavy atom. The van der Waals surface area contributed by atoms with Gasteiger partial charge in [-0.15, -0.1) is 45.3 Å². The van der Waals surface area contributed by atoms with Crippen LogP contribution in [-0.2, 0) is 21.7 Å². The van der Waals surface area contributed by atoms with Crippen LogP contribution in [0.15, 0.2) is 46.9 Å². The predicted molar refractivity (Wildman–Crippen MR) is 246 cm³/mol. The average Bonchev–Trinajstić information content (AvgIpc) is 3.91. The van der Waals surface area contributed by atoms with E-state index < -0.39 is 0 Å². The first-order valence-electron chi connectivity index (χ1n) is 17.9. The molecule has 4 aromatic heterocycles. The maximum atomic E-state index is 4.34. The average molecular weight is 917 g/mol. The van der Waals surface area contributed by atoms with Crippen molar-refractivity contribution in [3.05, 3.63) is 109 Å². The molecule has 4 aliphatic carbocycles. The van der Waals surface area contributed by atoms with E-state index in [1.54, 1.807) is 11.1 Å². The van der Waals surface area contributed by atoms with E-state index in [0.29, 0.717) is 0 Å². The van der Waals surface area contributed by atoms with Gasteiger partial charge in [-0.2, -0.15) is 0 Å². The Kier molecular flexibility index (Phi) is 9.00. The first kappa shape index (κ1) is 38.3.